The van der Waals surface area contributed by atoms with E-state index in [2.05, 4.69) is 10.6 Å². The highest BCUT2D eigenvalue weighted by atomic mass is 19.1. The number of para-hydroxylation sites is 1. The van der Waals surface area contributed by atoms with Crippen molar-refractivity contribution in [3.05, 3.63) is 59.4 Å². The summed E-state index contributed by atoms with van der Waals surface area (Å²) in [5.74, 6) is -1.09. The molecule has 0 radical (unpaired) electrons. The first-order chi connectivity index (χ1) is 12.3. The largest absolute Gasteiger partial charge is 0.325 e. The molecule has 2 aromatic rings. The molecule has 0 aromatic heterocycles. The van der Waals surface area contributed by atoms with Crippen LogP contribution >= 0.6 is 0 Å². The molecule has 0 spiro atoms. The Morgan fingerprint density at radius 1 is 1.04 bits per heavy atom. The van der Waals surface area contributed by atoms with Crippen LogP contribution in [0.25, 0.3) is 0 Å². The lowest BCUT2D eigenvalue weighted by Crippen LogP contribution is -2.43. The molecule has 0 aliphatic rings. The number of aryl methyl sites for hydroxylation is 1. The molecule has 138 valence electrons. The topological polar surface area (TPSA) is 61.4 Å². The van der Waals surface area contributed by atoms with Crippen LogP contribution in [0.3, 0.4) is 0 Å². The minimum absolute atomic E-state index is 0.0409. The summed E-state index contributed by atoms with van der Waals surface area (Å²) in [6, 6.07) is 11.1. The van der Waals surface area contributed by atoms with Crippen molar-refractivity contribution in [2.45, 2.75) is 26.8 Å². The van der Waals surface area contributed by atoms with Crippen LogP contribution in [0.5, 0.6) is 0 Å². The first kappa shape index (κ1) is 19.6. The first-order valence-corrected chi connectivity index (χ1v) is 8.41. The number of nitrogens with zero attached hydrogens (tertiary/aromatic N) is 1. The fourth-order valence-corrected chi connectivity index (χ4v) is 2.44. The van der Waals surface area contributed by atoms with Gasteiger partial charge in [0.1, 0.15) is 5.82 Å². The monoisotopic (exact) mass is 357 g/mol. The summed E-state index contributed by atoms with van der Waals surface area (Å²) in [6.07, 6.45) is 0. The molecule has 2 rings (SSSR count). The summed E-state index contributed by atoms with van der Waals surface area (Å²) in [5.41, 5.74) is 2.98. The highest BCUT2D eigenvalue weighted by Gasteiger charge is 2.21. The lowest BCUT2D eigenvalue weighted by atomic mass is 10.1. The molecule has 0 saturated carbocycles. The van der Waals surface area contributed by atoms with Crippen molar-refractivity contribution in [3.8, 4) is 0 Å². The Kier molecular flexibility index (Phi) is 6.46. The maximum absolute atomic E-state index is 13.6. The van der Waals surface area contributed by atoms with Crippen molar-refractivity contribution in [3.63, 3.8) is 0 Å². The van der Waals surface area contributed by atoms with Gasteiger partial charge in [-0.2, -0.15) is 0 Å². The third-order valence-electron chi connectivity index (χ3n) is 4.44. The van der Waals surface area contributed by atoms with Gasteiger partial charge in [-0.25, -0.2) is 4.39 Å². The molecule has 2 aromatic carbocycles. The third-order valence-corrected chi connectivity index (χ3v) is 4.44. The van der Waals surface area contributed by atoms with Crippen molar-refractivity contribution in [1.29, 1.82) is 0 Å². The van der Waals surface area contributed by atoms with Crippen LogP contribution in [-0.4, -0.2) is 36.3 Å². The van der Waals surface area contributed by atoms with Gasteiger partial charge in [0.2, 0.25) is 11.8 Å². The quantitative estimate of drug-likeness (QED) is 0.834. The van der Waals surface area contributed by atoms with Gasteiger partial charge >= 0.3 is 0 Å². The number of amides is 2. The SMILES string of the molecule is Cc1cccc(NC(=O)CN(C)C(C)C(=O)Nc2ccccc2F)c1C. The maximum Gasteiger partial charge on any atom is 0.241 e. The number of hydrogen-bond acceptors (Lipinski definition) is 3. The van der Waals surface area contributed by atoms with Gasteiger partial charge in [0.25, 0.3) is 0 Å². The van der Waals surface area contributed by atoms with Crippen LogP contribution in [0.1, 0.15) is 18.1 Å². The van der Waals surface area contributed by atoms with Gasteiger partial charge in [-0.1, -0.05) is 24.3 Å². The number of anilines is 2. The molecule has 0 heterocycles. The van der Waals surface area contributed by atoms with Crippen molar-refractivity contribution >= 4 is 23.2 Å². The highest BCUT2D eigenvalue weighted by molar-refractivity contribution is 5.96. The predicted octanol–water partition coefficient (Wildman–Crippen LogP) is 3.34. The van der Waals surface area contributed by atoms with Gasteiger partial charge in [-0.05, 0) is 57.1 Å². The Bertz CT molecular complexity index is 807. The fourth-order valence-electron chi connectivity index (χ4n) is 2.44. The fraction of sp³-hybridized carbons (Fsp3) is 0.300. The summed E-state index contributed by atoms with van der Waals surface area (Å²) in [5, 5.41) is 5.41. The van der Waals surface area contributed by atoms with Gasteiger partial charge < -0.3 is 10.6 Å². The van der Waals surface area contributed by atoms with Crippen LogP contribution in [-0.2, 0) is 9.59 Å². The smallest absolute Gasteiger partial charge is 0.241 e. The lowest BCUT2D eigenvalue weighted by molar-refractivity contribution is -0.122. The first-order valence-electron chi connectivity index (χ1n) is 8.41. The number of benzene rings is 2. The molecule has 1 atom stereocenters. The predicted molar refractivity (Wildman–Crippen MR) is 102 cm³/mol. The average molecular weight is 357 g/mol. The highest BCUT2D eigenvalue weighted by Crippen LogP contribution is 2.18. The zero-order valence-electron chi connectivity index (χ0n) is 15.5. The zero-order valence-corrected chi connectivity index (χ0v) is 15.5. The Hall–Kier alpha value is -2.73. The summed E-state index contributed by atoms with van der Waals surface area (Å²) in [4.78, 5) is 26.2. The molecular weight excluding hydrogens is 333 g/mol. The lowest BCUT2D eigenvalue weighted by Gasteiger charge is -2.23. The minimum Gasteiger partial charge on any atom is -0.325 e. The van der Waals surface area contributed by atoms with E-state index in [-0.39, 0.29) is 24.0 Å². The van der Waals surface area contributed by atoms with Gasteiger partial charge in [0, 0.05) is 5.69 Å². The summed E-state index contributed by atoms with van der Waals surface area (Å²) >= 11 is 0. The van der Waals surface area contributed by atoms with E-state index in [1.54, 1.807) is 31.0 Å². The molecule has 2 N–H and O–H groups in total. The van der Waals surface area contributed by atoms with Gasteiger partial charge in [-0.3, -0.25) is 14.5 Å². The van der Waals surface area contributed by atoms with Gasteiger partial charge in [0.15, 0.2) is 0 Å². The third kappa shape index (κ3) is 4.89. The summed E-state index contributed by atoms with van der Waals surface area (Å²) in [6.45, 7) is 5.63. The Labute approximate surface area is 153 Å². The second-order valence-corrected chi connectivity index (χ2v) is 6.36. The van der Waals surface area contributed by atoms with Crippen LogP contribution in [0.2, 0.25) is 0 Å². The van der Waals surface area contributed by atoms with Crippen molar-refractivity contribution in [2.75, 3.05) is 24.2 Å². The van der Waals surface area contributed by atoms with E-state index < -0.39 is 11.9 Å². The number of carbonyl (C=O) groups is 2. The number of carbonyl (C=O) groups excluding carboxylic acids is 2. The van der Waals surface area contributed by atoms with Crippen molar-refractivity contribution in [2.24, 2.45) is 0 Å². The molecular formula is C20H24FN3O2. The molecule has 0 aliphatic carbocycles. The number of halogens is 1. The molecule has 0 saturated heterocycles. The number of nitrogens with one attached hydrogen (secondary N) is 2. The standard InChI is InChI=1S/C20H24FN3O2/c1-13-8-7-11-17(14(13)2)22-19(25)12-24(4)15(3)20(26)23-18-10-6-5-9-16(18)21/h5-11,15H,12H2,1-4H3,(H,22,25)(H,23,26). The van der Waals surface area contributed by atoms with E-state index >= 15 is 0 Å². The Morgan fingerprint density at radius 2 is 1.69 bits per heavy atom. The van der Waals surface area contributed by atoms with E-state index in [4.69, 9.17) is 0 Å². The number of likely N-dealkylation sites (N-methyl/N-ethyl adjacent to an activating group) is 1. The number of hydrogen-bond donors (Lipinski definition) is 2. The summed E-state index contributed by atoms with van der Waals surface area (Å²) < 4.78 is 13.6. The van der Waals surface area contributed by atoms with Gasteiger partial charge in [-0.15, -0.1) is 0 Å². The van der Waals surface area contributed by atoms with E-state index in [1.807, 2.05) is 32.0 Å². The average Bonchev–Trinajstić information content (AvgIpc) is 2.60. The molecule has 1 unspecified atom stereocenters. The van der Waals surface area contributed by atoms with E-state index in [0.717, 1.165) is 16.8 Å². The van der Waals surface area contributed by atoms with E-state index in [0.29, 0.717) is 0 Å². The Balaban J connectivity index is 1.94. The van der Waals surface area contributed by atoms with Crippen molar-refractivity contribution in [1.82, 2.24) is 4.90 Å². The molecule has 0 bridgehead atoms. The second-order valence-electron chi connectivity index (χ2n) is 6.36. The normalized spacial score (nSPS) is 11.9. The molecule has 26 heavy (non-hydrogen) atoms. The molecule has 5 nitrogen and oxygen atoms in total. The van der Waals surface area contributed by atoms with E-state index in [1.165, 1.54) is 12.1 Å². The summed E-state index contributed by atoms with van der Waals surface area (Å²) in [7, 11) is 1.67. The van der Waals surface area contributed by atoms with Crippen LogP contribution in [0.15, 0.2) is 42.5 Å². The van der Waals surface area contributed by atoms with Crippen LogP contribution < -0.4 is 10.6 Å². The van der Waals surface area contributed by atoms with E-state index in [9.17, 15) is 14.0 Å². The molecule has 6 heteroatoms. The minimum atomic E-state index is -0.598. The molecule has 0 fully saturated rings. The van der Waals surface area contributed by atoms with Crippen LogP contribution in [0, 0.1) is 19.7 Å². The molecule has 0 aliphatic heterocycles. The maximum atomic E-state index is 13.6. The van der Waals surface area contributed by atoms with Crippen LogP contribution in [0.4, 0.5) is 15.8 Å². The molecule has 2 amide bonds. The Morgan fingerprint density at radius 3 is 2.38 bits per heavy atom. The second kappa shape index (κ2) is 8.58. The van der Waals surface area contributed by atoms with Crippen molar-refractivity contribution < 1.29 is 14.0 Å². The zero-order chi connectivity index (χ0) is 19.3. The van der Waals surface area contributed by atoms with Gasteiger partial charge in [0.05, 0.1) is 18.3 Å². The number of rotatable bonds is 6.